The average Bonchev–Trinajstić information content (AvgIpc) is 3.02. The second kappa shape index (κ2) is 8.48. The van der Waals surface area contributed by atoms with Gasteiger partial charge in [0.2, 0.25) is 5.91 Å². The van der Waals surface area contributed by atoms with Crippen LogP contribution in [0, 0.1) is 0 Å². The highest BCUT2D eigenvalue weighted by molar-refractivity contribution is 6.09. The maximum absolute atomic E-state index is 13.2. The van der Waals surface area contributed by atoms with Gasteiger partial charge in [-0.2, -0.15) is 13.2 Å². The lowest BCUT2D eigenvalue weighted by Crippen LogP contribution is -2.43. The first-order valence-electron chi connectivity index (χ1n) is 10.6. The minimum Gasteiger partial charge on any atom is -0.348 e. The highest BCUT2D eigenvalue weighted by atomic mass is 19.4. The van der Waals surface area contributed by atoms with Crippen LogP contribution in [0.3, 0.4) is 0 Å². The second-order valence-corrected chi connectivity index (χ2v) is 8.42. The summed E-state index contributed by atoms with van der Waals surface area (Å²) in [6.07, 6.45) is -4.51. The molecular formula is C25H22F3N3O3. The summed E-state index contributed by atoms with van der Waals surface area (Å²) in [6.45, 7) is 2.54. The fourth-order valence-corrected chi connectivity index (χ4v) is 4.03. The Labute approximate surface area is 193 Å². The smallest absolute Gasteiger partial charge is 0.348 e. The van der Waals surface area contributed by atoms with E-state index in [2.05, 4.69) is 10.6 Å². The number of fused-ring (bicyclic) bond motifs is 1. The Morgan fingerprint density at radius 3 is 2.44 bits per heavy atom. The van der Waals surface area contributed by atoms with Gasteiger partial charge in [-0.1, -0.05) is 48.5 Å². The van der Waals surface area contributed by atoms with Crippen molar-refractivity contribution in [1.29, 1.82) is 0 Å². The van der Waals surface area contributed by atoms with Crippen molar-refractivity contribution in [3.8, 4) is 0 Å². The molecule has 4 amide bonds. The Morgan fingerprint density at radius 2 is 1.74 bits per heavy atom. The summed E-state index contributed by atoms with van der Waals surface area (Å²) < 4.78 is 38.9. The minimum atomic E-state index is -4.51. The van der Waals surface area contributed by atoms with E-state index in [1.54, 1.807) is 13.0 Å². The Morgan fingerprint density at radius 1 is 1.03 bits per heavy atom. The molecule has 1 fully saturated rings. The lowest BCUT2D eigenvalue weighted by Gasteiger charge is -2.23. The molecule has 1 aliphatic rings. The predicted octanol–water partition coefficient (Wildman–Crippen LogP) is 4.50. The molecule has 0 radical (unpaired) electrons. The normalized spacial score (nSPS) is 19.3. The summed E-state index contributed by atoms with van der Waals surface area (Å²) >= 11 is 0. The SMILES string of the molecule is CC(NC(=O)CN1C(=O)NC(C)(c2ccc3ccccc3c2)C1=O)c1cccc(C(F)(F)F)c1. The molecule has 0 bridgehead atoms. The van der Waals surface area contributed by atoms with Crippen molar-refractivity contribution < 1.29 is 27.6 Å². The van der Waals surface area contributed by atoms with Crippen LogP contribution < -0.4 is 10.6 Å². The molecular weight excluding hydrogens is 447 g/mol. The minimum absolute atomic E-state index is 0.251. The van der Waals surface area contributed by atoms with Crippen molar-refractivity contribution in [2.45, 2.75) is 31.6 Å². The van der Waals surface area contributed by atoms with Gasteiger partial charge < -0.3 is 10.6 Å². The molecule has 0 aliphatic carbocycles. The molecule has 3 aromatic rings. The summed E-state index contributed by atoms with van der Waals surface area (Å²) in [7, 11) is 0. The Bertz CT molecular complexity index is 1290. The van der Waals surface area contributed by atoms with Gasteiger partial charge in [0, 0.05) is 0 Å². The van der Waals surface area contributed by atoms with E-state index in [9.17, 15) is 27.6 Å². The zero-order chi connectivity index (χ0) is 24.7. The molecule has 6 nitrogen and oxygen atoms in total. The van der Waals surface area contributed by atoms with Gasteiger partial charge in [-0.3, -0.25) is 14.5 Å². The van der Waals surface area contributed by atoms with Crippen molar-refractivity contribution in [3.05, 3.63) is 83.4 Å². The maximum atomic E-state index is 13.2. The van der Waals surface area contributed by atoms with E-state index >= 15 is 0 Å². The molecule has 0 spiro atoms. The maximum Gasteiger partial charge on any atom is 0.416 e. The number of hydrogen-bond donors (Lipinski definition) is 2. The summed E-state index contributed by atoms with van der Waals surface area (Å²) in [4.78, 5) is 39.1. The number of carbonyl (C=O) groups is 3. The highest BCUT2D eigenvalue weighted by Crippen LogP contribution is 2.32. The topological polar surface area (TPSA) is 78.5 Å². The molecule has 34 heavy (non-hydrogen) atoms. The van der Waals surface area contributed by atoms with Gasteiger partial charge >= 0.3 is 12.2 Å². The molecule has 0 aromatic heterocycles. The Kier molecular flexibility index (Phi) is 5.80. The molecule has 1 heterocycles. The van der Waals surface area contributed by atoms with Crippen LogP contribution >= 0.6 is 0 Å². The number of rotatable bonds is 5. The standard InChI is InChI=1S/C25H22F3N3O3/c1-15(17-8-5-9-20(12-17)25(26,27)28)29-21(32)14-31-22(33)24(2,30-23(31)34)19-11-10-16-6-3-4-7-18(16)13-19/h3-13,15H,14H2,1-2H3,(H,29,32)(H,30,34). The van der Waals surface area contributed by atoms with E-state index in [4.69, 9.17) is 0 Å². The van der Waals surface area contributed by atoms with E-state index in [1.807, 2.05) is 36.4 Å². The van der Waals surface area contributed by atoms with Gasteiger partial charge in [-0.25, -0.2) is 4.79 Å². The number of hydrogen-bond acceptors (Lipinski definition) is 3. The van der Waals surface area contributed by atoms with E-state index in [1.165, 1.54) is 19.1 Å². The molecule has 1 saturated heterocycles. The van der Waals surface area contributed by atoms with Crippen LogP contribution in [0.5, 0.6) is 0 Å². The zero-order valence-electron chi connectivity index (χ0n) is 18.4. The molecule has 0 saturated carbocycles. The van der Waals surface area contributed by atoms with Crippen molar-refractivity contribution in [2.24, 2.45) is 0 Å². The van der Waals surface area contributed by atoms with Crippen molar-refractivity contribution >= 4 is 28.6 Å². The van der Waals surface area contributed by atoms with Gasteiger partial charge in [0.25, 0.3) is 5.91 Å². The number of alkyl halides is 3. The van der Waals surface area contributed by atoms with Crippen molar-refractivity contribution in [1.82, 2.24) is 15.5 Å². The molecule has 2 N–H and O–H groups in total. The number of amides is 4. The van der Waals surface area contributed by atoms with Gasteiger partial charge in [-0.15, -0.1) is 0 Å². The average molecular weight is 469 g/mol. The fraction of sp³-hybridized carbons (Fsp3) is 0.240. The lowest BCUT2D eigenvalue weighted by molar-refractivity contribution is -0.137. The first kappa shape index (κ1) is 23.3. The second-order valence-electron chi connectivity index (χ2n) is 8.42. The summed E-state index contributed by atoms with van der Waals surface area (Å²) in [5.41, 5.74) is -1.36. The van der Waals surface area contributed by atoms with Crippen LogP contribution in [-0.2, 0) is 21.3 Å². The summed E-state index contributed by atoms with van der Waals surface area (Å²) in [5, 5.41) is 7.09. The molecule has 1 aliphatic heterocycles. The largest absolute Gasteiger partial charge is 0.416 e. The Hall–Kier alpha value is -3.88. The number of urea groups is 1. The number of halogens is 3. The summed E-state index contributed by atoms with van der Waals surface area (Å²) in [6, 6.07) is 16.1. The van der Waals surface area contributed by atoms with Crippen molar-refractivity contribution in [3.63, 3.8) is 0 Å². The third kappa shape index (κ3) is 4.33. The van der Waals surface area contributed by atoms with E-state index in [-0.39, 0.29) is 5.56 Å². The van der Waals surface area contributed by atoms with Gasteiger partial charge in [-0.05, 0) is 53.9 Å². The van der Waals surface area contributed by atoms with Gasteiger partial charge in [0.05, 0.1) is 11.6 Å². The number of nitrogens with zero attached hydrogens (tertiary/aromatic N) is 1. The van der Waals surface area contributed by atoms with E-state index < -0.39 is 47.7 Å². The third-order valence-corrected chi connectivity index (χ3v) is 5.99. The quantitative estimate of drug-likeness (QED) is 0.540. The number of benzene rings is 3. The Balaban J connectivity index is 1.48. The van der Waals surface area contributed by atoms with Crippen LogP contribution in [-0.4, -0.2) is 29.3 Å². The molecule has 2 atom stereocenters. The third-order valence-electron chi connectivity index (χ3n) is 5.99. The van der Waals surface area contributed by atoms with Gasteiger partial charge in [0.1, 0.15) is 12.1 Å². The van der Waals surface area contributed by atoms with Gasteiger partial charge in [0.15, 0.2) is 0 Å². The lowest BCUT2D eigenvalue weighted by atomic mass is 9.90. The first-order valence-corrected chi connectivity index (χ1v) is 10.6. The molecule has 9 heteroatoms. The van der Waals surface area contributed by atoms with Crippen LogP contribution in [0.2, 0.25) is 0 Å². The van der Waals surface area contributed by atoms with Crippen LogP contribution in [0.25, 0.3) is 10.8 Å². The molecule has 2 unspecified atom stereocenters. The fourth-order valence-electron chi connectivity index (χ4n) is 4.03. The number of imide groups is 1. The first-order chi connectivity index (χ1) is 16.0. The van der Waals surface area contributed by atoms with E-state index in [0.29, 0.717) is 5.56 Å². The molecule has 176 valence electrons. The monoisotopic (exact) mass is 469 g/mol. The van der Waals surface area contributed by atoms with Crippen LogP contribution in [0.15, 0.2) is 66.7 Å². The highest BCUT2D eigenvalue weighted by Gasteiger charge is 2.49. The number of carbonyl (C=O) groups excluding carboxylic acids is 3. The van der Waals surface area contributed by atoms with E-state index in [0.717, 1.165) is 27.8 Å². The molecule has 4 rings (SSSR count). The molecule has 3 aromatic carbocycles. The van der Waals surface area contributed by atoms with Crippen LogP contribution in [0.1, 0.15) is 36.6 Å². The zero-order valence-corrected chi connectivity index (χ0v) is 18.4. The van der Waals surface area contributed by atoms with Crippen LogP contribution in [0.4, 0.5) is 18.0 Å². The number of nitrogens with one attached hydrogen (secondary N) is 2. The predicted molar refractivity (Wildman–Crippen MR) is 120 cm³/mol. The van der Waals surface area contributed by atoms with Crippen molar-refractivity contribution in [2.75, 3.05) is 6.54 Å². The summed E-state index contributed by atoms with van der Waals surface area (Å²) in [5.74, 6) is -1.26.